The first-order chi connectivity index (χ1) is 10.5. The van der Waals surface area contributed by atoms with Gasteiger partial charge >= 0.3 is 0 Å². The van der Waals surface area contributed by atoms with Crippen molar-refractivity contribution in [2.75, 3.05) is 6.61 Å². The molecule has 124 valence electrons. The fourth-order valence-corrected chi connectivity index (χ4v) is 3.03. The normalized spacial score (nSPS) is 22.0. The Morgan fingerprint density at radius 2 is 2.09 bits per heavy atom. The van der Waals surface area contributed by atoms with Gasteiger partial charge in [-0.15, -0.1) is 0 Å². The van der Waals surface area contributed by atoms with Crippen LogP contribution in [0.3, 0.4) is 0 Å². The molecule has 0 atom stereocenters. The topological polar surface area (TPSA) is 67.2 Å². The van der Waals surface area contributed by atoms with Crippen molar-refractivity contribution in [1.82, 2.24) is 15.1 Å². The third kappa shape index (κ3) is 4.32. The summed E-state index contributed by atoms with van der Waals surface area (Å²) in [5.74, 6) is 1.03. The second-order valence-corrected chi connectivity index (χ2v) is 6.92. The van der Waals surface area contributed by atoms with Crippen molar-refractivity contribution in [1.29, 1.82) is 0 Å². The minimum absolute atomic E-state index is 0.0132. The largest absolute Gasteiger partial charge is 0.396 e. The lowest BCUT2D eigenvalue weighted by Gasteiger charge is -2.27. The first-order valence-electron chi connectivity index (χ1n) is 8.45. The second kappa shape index (κ2) is 7.77. The van der Waals surface area contributed by atoms with Crippen LogP contribution in [0.5, 0.6) is 0 Å². The van der Waals surface area contributed by atoms with Crippen molar-refractivity contribution >= 4 is 5.91 Å². The molecule has 1 aromatic heterocycles. The SMILES string of the molecule is Cc1c(C(=O)NC2CCC(CO)CC2)cnn1CCC(C)C. The molecule has 5 nitrogen and oxygen atoms in total. The summed E-state index contributed by atoms with van der Waals surface area (Å²) in [6.45, 7) is 7.47. The second-order valence-electron chi connectivity index (χ2n) is 6.92. The van der Waals surface area contributed by atoms with Crippen LogP contribution in [-0.2, 0) is 6.54 Å². The summed E-state index contributed by atoms with van der Waals surface area (Å²) in [6, 6.07) is 0.230. The number of rotatable bonds is 6. The van der Waals surface area contributed by atoms with E-state index in [1.807, 2.05) is 11.6 Å². The number of hydrogen-bond donors (Lipinski definition) is 2. The summed E-state index contributed by atoms with van der Waals surface area (Å²) in [5.41, 5.74) is 1.63. The summed E-state index contributed by atoms with van der Waals surface area (Å²) in [5, 5.41) is 16.6. The molecule has 1 amide bonds. The van der Waals surface area contributed by atoms with Gasteiger partial charge in [0, 0.05) is 24.9 Å². The maximum atomic E-state index is 12.4. The average molecular weight is 307 g/mol. The number of hydrogen-bond acceptors (Lipinski definition) is 3. The van der Waals surface area contributed by atoms with E-state index in [0.717, 1.165) is 44.3 Å². The van der Waals surface area contributed by atoms with Gasteiger partial charge in [-0.1, -0.05) is 13.8 Å². The number of carbonyl (C=O) groups excluding carboxylic acids is 1. The molecule has 1 saturated carbocycles. The predicted octanol–water partition coefficient (Wildman–Crippen LogP) is 2.52. The van der Waals surface area contributed by atoms with E-state index in [1.165, 1.54) is 0 Å². The summed E-state index contributed by atoms with van der Waals surface area (Å²) in [4.78, 5) is 12.4. The number of nitrogens with one attached hydrogen (secondary N) is 1. The van der Waals surface area contributed by atoms with Crippen molar-refractivity contribution < 1.29 is 9.90 Å². The quantitative estimate of drug-likeness (QED) is 0.848. The van der Waals surface area contributed by atoms with Crippen LogP contribution in [0.25, 0.3) is 0 Å². The Morgan fingerprint density at radius 1 is 1.41 bits per heavy atom. The van der Waals surface area contributed by atoms with Crippen LogP contribution in [0.4, 0.5) is 0 Å². The zero-order valence-corrected chi connectivity index (χ0v) is 14.0. The van der Waals surface area contributed by atoms with Gasteiger partial charge in [-0.3, -0.25) is 9.48 Å². The molecule has 0 spiro atoms. The number of aromatic nitrogens is 2. The van der Waals surface area contributed by atoms with Crippen LogP contribution in [0.15, 0.2) is 6.20 Å². The van der Waals surface area contributed by atoms with E-state index in [9.17, 15) is 4.79 Å². The van der Waals surface area contributed by atoms with Gasteiger partial charge in [0.25, 0.3) is 5.91 Å². The molecule has 1 aliphatic carbocycles. The summed E-state index contributed by atoms with van der Waals surface area (Å²) in [7, 11) is 0. The molecule has 1 fully saturated rings. The van der Waals surface area contributed by atoms with Crippen molar-refractivity contribution in [3.63, 3.8) is 0 Å². The fourth-order valence-electron chi connectivity index (χ4n) is 3.03. The number of amides is 1. The molecule has 0 aliphatic heterocycles. The maximum Gasteiger partial charge on any atom is 0.254 e. The zero-order valence-electron chi connectivity index (χ0n) is 14.0. The summed E-state index contributed by atoms with van der Waals surface area (Å²) >= 11 is 0. The molecule has 0 saturated heterocycles. The highest BCUT2D eigenvalue weighted by Crippen LogP contribution is 2.24. The standard InChI is InChI=1S/C17H29N3O2/c1-12(2)8-9-20-13(3)16(10-18-20)17(22)19-15-6-4-14(11-21)5-7-15/h10,12,14-15,21H,4-9,11H2,1-3H3,(H,19,22). The van der Waals surface area contributed by atoms with E-state index in [-0.39, 0.29) is 18.6 Å². The molecule has 5 heteroatoms. The van der Waals surface area contributed by atoms with E-state index in [2.05, 4.69) is 24.3 Å². The first-order valence-corrected chi connectivity index (χ1v) is 8.45. The third-order valence-electron chi connectivity index (χ3n) is 4.71. The van der Waals surface area contributed by atoms with Gasteiger partial charge in [-0.05, 0) is 50.9 Å². The monoisotopic (exact) mass is 307 g/mol. The van der Waals surface area contributed by atoms with Crippen molar-refractivity contribution in [3.8, 4) is 0 Å². The third-order valence-corrected chi connectivity index (χ3v) is 4.71. The molecule has 1 heterocycles. The fraction of sp³-hybridized carbons (Fsp3) is 0.765. The molecule has 1 aliphatic rings. The Bertz CT molecular complexity index is 488. The van der Waals surface area contributed by atoms with Gasteiger partial charge in [0.1, 0.15) is 0 Å². The summed E-state index contributed by atoms with van der Waals surface area (Å²) < 4.78 is 1.93. The van der Waals surface area contributed by atoms with Gasteiger partial charge < -0.3 is 10.4 Å². The molecule has 22 heavy (non-hydrogen) atoms. The highest BCUT2D eigenvalue weighted by Gasteiger charge is 2.23. The Morgan fingerprint density at radius 3 is 2.68 bits per heavy atom. The van der Waals surface area contributed by atoms with Gasteiger partial charge in [-0.25, -0.2) is 0 Å². The van der Waals surface area contributed by atoms with E-state index >= 15 is 0 Å². The molecular weight excluding hydrogens is 278 g/mol. The van der Waals surface area contributed by atoms with Crippen LogP contribution in [0.2, 0.25) is 0 Å². The van der Waals surface area contributed by atoms with Crippen LogP contribution in [-0.4, -0.2) is 33.4 Å². The minimum Gasteiger partial charge on any atom is -0.396 e. The summed E-state index contributed by atoms with van der Waals surface area (Å²) in [6.07, 6.45) is 6.65. The zero-order chi connectivity index (χ0) is 16.1. The van der Waals surface area contributed by atoms with Crippen LogP contribution >= 0.6 is 0 Å². The maximum absolute atomic E-state index is 12.4. The highest BCUT2D eigenvalue weighted by atomic mass is 16.3. The molecule has 0 bridgehead atoms. The van der Waals surface area contributed by atoms with Crippen molar-refractivity contribution in [2.24, 2.45) is 11.8 Å². The Balaban J connectivity index is 1.90. The molecule has 0 unspecified atom stereocenters. The number of aliphatic hydroxyl groups excluding tert-OH is 1. The van der Waals surface area contributed by atoms with Gasteiger partial charge in [0.15, 0.2) is 0 Å². The number of nitrogens with zero attached hydrogens (tertiary/aromatic N) is 2. The van der Waals surface area contributed by atoms with Crippen LogP contribution in [0, 0.1) is 18.8 Å². The Hall–Kier alpha value is -1.36. The Labute approximate surface area is 133 Å². The lowest BCUT2D eigenvalue weighted by molar-refractivity contribution is 0.0913. The number of carbonyl (C=O) groups is 1. The molecule has 0 radical (unpaired) electrons. The van der Waals surface area contributed by atoms with Gasteiger partial charge in [0.2, 0.25) is 0 Å². The average Bonchev–Trinajstić information content (AvgIpc) is 2.87. The number of aliphatic hydroxyl groups is 1. The van der Waals surface area contributed by atoms with Gasteiger partial charge in [-0.2, -0.15) is 5.10 Å². The molecular formula is C17H29N3O2. The van der Waals surface area contributed by atoms with E-state index in [0.29, 0.717) is 17.4 Å². The van der Waals surface area contributed by atoms with Crippen LogP contribution in [0.1, 0.15) is 62.0 Å². The lowest BCUT2D eigenvalue weighted by Crippen LogP contribution is -2.38. The van der Waals surface area contributed by atoms with E-state index in [4.69, 9.17) is 5.11 Å². The van der Waals surface area contributed by atoms with Gasteiger partial charge in [0.05, 0.1) is 11.8 Å². The predicted molar refractivity (Wildman–Crippen MR) is 86.7 cm³/mol. The number of aryl methyl sites for hydroxylation is 1. The Kier molecular flexibility index (Phi) is 6.00. The van der Waals surface area contributed by atoms with E-state index < -0.39 is 0 Å². The highest BCUT2D eigenvalue weighted by molar-refractivity contribution is 5.95. The minimum atomic E-state index is -0.0132. The molecule has 2 rings (SSSR count). The first kappa shape index (κ1) is 17.0. The molecule has 1 aromatic rings. The van der Waals surface area contributed by atoms with Crippen molar-refractivity contribution in [3.05, 3.63) is 17.5 Å². The lowest BCUT2D eigenvalue weighted by atomic mass is 9.86. The van der Waals surface area contributed by atoms with Crippen LogP contribution < -0.4 is 5.32 Å². The smallest absolute Gasteiger partial charge is 0.254 e. The van der Waals surface area contributed by atoms with Crippen molar-refractivity contribution in [2.45, 2.75) is 65.5 Å². The molecule has 0 aromatic carbocycles. The molecule has 2 N–H and O–H groups in total. The van der Waals surface area contributed by atoms with E-state index in [1.54, 1.807) is 6.20 Å².